The molecule has 0 bridgehead atoms. The minimum atomic E-state index is 0.229. The van der Waals surface area contributed by atoms with Gasteiger partial charge in [-0.15, -0.1) is 11.3 Å². The van der Waals surface area contributed by atoms with E-state index in [0.717, 1.165) is 12.8 Å². The van der Waals surface area contributed by atoms with Gasteiger partial charge in [0, 0.05) is 11.4 Å². The molecule has 0 aliphatic heterocycles. The molecule has 2 N–H and O–H groups in total. The largest absolute Gasteiger partial charge is 0.371 e. The van der Waals surface area contributed by atoms with Crippen molar-refractivity contribution in [2.24, 2.45) is 5.73 Å². The second-order valence-corrected chi connectivity index (χ2v) is 4.07. The first-order chi connectivity index (χ1) is 6.36. The zero-order valence-electron chi connectivity index (χ0n) is 8.03. The van der Waals surface area contributed by atoms with Crippen molar-refractivity contribution in [3.05, 3.63) is 22.4 Å². The van der Waals surface area contributed by atoms with Crippen LogP contribution in [0.15, 0.2) is 17.5 Å². The Labute approximate surface area is 83.7 Å². The van der Waals surface area contributed by atoms with E-state index in [4.69, 9.17) is 10.5 Å². The smallest absolute Gasteiger partial charge is 0.0813 e. The summed E-state index contributed by atoms with van der Waals surface area (Å²) in [7, 11) is 0. The Balaban J connectivity index is 2.23. The fourth-order valence-electron chi connectivity index (χ4n) is 1.19. The van der Waals surface area contributed by atoms with Gasteiger partial charge in [-0.2, -0.15) is 0 Å². The van der Waals surface area contributed by atoms with Crippen molar-refractivity contribution in [2.75, 3.05) is 6.54 Å². The molecule has 0 aliphatic carbocycles. The molecule has 74 valence electrons. The van der Waals surface area contributed by atoms with Crippen LogP contribution < -0.4 is 5.73 Å². The summed E-state index contributed by atoms with van der Waals surface area (Å²) in [6, 6.07) is 4.13. The van der Waals surface area contributed by atoms with Gasteiger partial charge in [0.05, 0.1) is 12.7 Å². The van der Waals surface area contributed by atoms with Gasteiger partial charge in [-0.3, -0.25) is 0 Å². The molecule has 1 rings (SSSR count). The summed E-state index contributed by atoms with van der Waals surface area (Å²) in [5.74, 6) is 0. The molecule has 0 amide bonds. The normalized spacial score (nSPS) is 13.1. The maximum absolute atomic E-state index is 5.66. The molecule has 1 atom stereocenters. The highest BCUT2D eigenvalue weighted by atomic mass is 32.1. The van der Waals surface area contributed by atoms with Gasteiger partial charge >= 0.3 is 0 Å². The Hall–Kier alpha value is -0.380. The summed E-state index contributed by atoms with van der Waals surface area (Å²) < 4.78 is 5.66. The Bertz CT molecular complexity index is 211. The number of hydrogen-bond donors (Lipinski definition) is 1. The molecule has 1 aromatic heterocycles. The first-order valence-corrected chi connectivity index (χ1v) is 5.58. The van der Waals surface area contributed by atoms with Crippen LogP contribution in [0.2, 0.25) is 0 Å². The predicted molar refractivity (Wildman–Crippen MR) is 56.9 cm³/mol. The average Bonchev–Trinajstić information content (AvgIpc) is 2.64. The standard InChI is InChI=1S/C10H17NOS/c1-2-4-9(7-11)12-8-10-5-3-6-13-10/h3,5-6,9H,2,4,7-8,11H2,1H3. The Morgan fingerprint density at radius 3 is 3.00 bits per heavy atom. The minimum absolute atomic E-state index is 0.229. The fraction of sp³-hybridized carbons (Fsp3) is 0.600. The number of rotatable bonds is 6. The van der Waals surface area contributed by atoms with Gasteiger partial charge in [0.15, 0.2) is 0 Å². The van der Waals surface area contributed by atoms with Crippen LogP contribution in [0.3, 0.4) is 0 Å². The SMILES string of the molecule is CCCC(CN)OCc1cccs1. The highest BCUT2D eigenvalue weighted by molar-refractivity contribution is 7.09. The van der Waals surface area contributed by atoms with E-state index < -0.39 is 0 Å². The summed E-state index contributed by atoms with van der Waals surface area (Å²) in [6.45, 7) is 3.48. The first-order valence-electron chi connectivity index (χ1n) is 4.70. The molecule has 0 spiro atoms. The van der Waals surface area contributed by atoms with Crippen molar-refractivity contribution in [2.45, 2.75) is 32.5 Å². The maximum atomic E-state index is 5.66. The molecule has 2 nitrogen and oxygen atoms in total. The molecule has 3 heteroatoms. The lowest BCUT2D eigenvalue weighted by Gasteiger charge is -2.13. The van der Waals surface area contributed by atoms with E-state index in [2.05, 4.69) is 18.4 Å². The van der Waals surface area contributed by atoms with Crippen molar-refractivity contribution < 1.29 is 4.74 Å². The molecule has 0 saturated heterocycles. The summed E-state index contributed by atoms with van der Waals surface area (Å²) >= 11 is 1.73. The molecule has 0 radical (unpaired) electrons. The summed E-state index contributed by atoms with van der Waals surface area (Å²) in [4.78, 5) is 1.27. The monoisotopic (exact) mass is 199 g/mol. The molecule has 0 aromatic carbocycles. The van der Waals surface area contributed by atoms with Gasteiger partial charge in [0.2, 0.25) is 0 Å². The lowest BCUT2D eigenvalue weighted by molar-refractivity contribution is 0.0420. The second-order valence-electron chi connectivity index (χ2n) is 3.04. The zero-order valence-corrected chi connectivity index (χ0v) is 8.85. The predicted octanol–water partition coefficient (Wildman–Crippen LogP) is 2.39. The van der Waals surface area contributed by atoms with Gasteiger partial charge in [-0.1, -0.05) is 19.4 Å². The molecule has 0 aliphatic rings. The first kappa shape index (κ1) is 10.7. The van der Waals surface area contributed by atoms with E-state index in [9.17, 15) is 0 Å². The summed E-state index contributed by atoms with van der Waals surface area (Å²) in [5.41, 5.74) is 5.58. The highest BCUT2D eigenvalue weighted by Crippen LogP contribution is 2.12. The van der Waals surface area contributed by atoms with Crippen molar-refractivity contribution in [1.82, 2.24) is 0 Å². The molecule has 0 saturated carbocycles. The topological polar surface area (TPSA) is 35.2 Å². The van der Waals surface area contributed by atoms with Crippen LogP contribution in [0.5, 0.6) is 0 Å². The molecule has 1 unspecified atom stereocenters. The van der Waals surface area contributed by atoms with E-state index in [0.29, 0.717) is 13.2 Å². The number of nitrogens with two attached hydrogens (primary N) is 1. The molecule has 13 heavy (non-hydrogen) atoms. The van der Waals surface area contributed by atoms with Crippen LogP contribution >= 0.6 is 11.3 Å². The summed E-state index contributed by atoms with van der Waals surface area (Å²) in [6.07, 6.45) is 2.42. The van der Waals surface area contributed by atoms with E-state index in [1.165, 1.54) is 4.88 Å². The number of thiophene rings is 1. The second kappa shape index (κ2) is 6.13. The van der Waals surface area contributed by atoms with Gasteiger partial charge in [0.25, 0.3) is 0 Å². The minimum Gasteiger partial charge on any atom is -0.371 e. The van der Waals surface area contributed by atoms with Crippen LogP contribution in [-0.2, 0) is 11.3 Å². The van der Waals surface area contributed by atoms with E-state index in [1.54, 1.807) is 11.3 Å². The lowest BCUT2D eigenvalue weighted by Crippen LogP contribution is -2.23. The Kier molecular flexibility index (Phi) is 5.05. The number of hydrogen-bond acceptors (Lipinski definition) is 3. The third-order valence-corrected chi connectivity index (χ3v) is 2.76. The van der Waals surface area contributed by atoms with Crippen LogP contribution in [0.4, 0.5) is 0 Å². The van der Waals surface area contributed by atoms with Crippen molar-refractivity contribution in [1.29, 1.82) is 0 Å². The third kappa shape index (κ3) is 3.89. The van der Waals surface area contributed by atoms with Gasteiger partial charge in [-0.05, 0) is 17.9 Å². The molecule has 1 aromatic rings. The third-order valence-electron chi connectivity index (χ3n) is 1.91. The summed E-state index contributed by atoms with van der Waals surface area (Å²) in [5, 5.41) is 2.07. The van der Waals surface area contributed by atoms with E-state index in [-0.39, 0.29) is 6.10 Å². The van der Waals surface area contributed by atoms with Crippen LogP contribution in [-0.4, -0.2) is 12.6 Å². The van der Waals surface area contributed by atoms with Crippen LogP contribution in [0.1, 0.15) is 24.6 Å². The Morgan fingerprint density at radius 2 is 2.46 bits per heavy atom. The van der Waals surface area contributed by atoms with Gasteiger partial charge < -0.3 is 10.5 Å². The lowest BCUT2D eigenvalue weighted by atomic mass is 10.2. The van der Waals surface area contributed by atoms with Crippen molar-refractivity contribution in [3.63, 3.8) is 0 Å². The van der Waals surface area contributed by atoms with E-state index in [1.807, 2.05) is 6.07 Å². The van der Waals surface area contributed by atoms with Crippen LogP contribution in [0, 0.1) is 0 Å². The molecular formula is C10H17NOS. The van der Waals surface area contributed by atoms with Crippen molar-refractivity contribution in [3.8, 4) is 0 Å². The molecule has 1 heterocycles. The van der Waals surface area contributed by atoms with E-state index >= 15 is 0 Å². The van der Waals surface area contributed by atoms with Gasteiger partial charge in [0.1, 0.15) is 0 Å². The van der Waals surface area contributed by atoms with Gasteiger partial charge in [-0.25, -0.2) is 0 Å². The molecule has 0 fully saturated rings. The Morgan fingerprint density at radius 1 is 1.62 bits per heavy atom. The maximum Gasteiger partial charge on any atom is 0.0813 e. The number of ether oxygens (including phenoxy) is 1. The van der Waals surface area contributed by atoms with Crippen LogP contribution in [0.25, 0.3) is 0 Å². The molecular weight excluding hydrogens is 182 g/mol. The fourth-order valence-corrected chi connectivity index (χ4v) is 1.81. The van der Waals surface area contributed by atoms with Crippen molar-refractivity contribution >= 4 is 11.3 Å². The quantitative estimate of drug-likeness (QED) is 0.763. The zero-order chi connectivity index (χ0) is 9.52. The highest BCUT2D eigenvalue weighted by Gasteiger charge is 2.05. The average molecular weight is 199 g/mol.